The zero-order valence-corrected chi connectivity index (χ0v) is 14.4. The van der Waals surface area contributed by atoms with Gasteiger partial charge in [-0.2, -0.15) is 5.10 Å². The molecule has 1 saturated heterocycles. The van der Waals surface area contributed by atoms with E-state index in [0.717, 1.165) is 11.3 Å². The summed E-state index contributed by atoms with van der Waals surface area (Å²) in [5, 5.41) is 4.20. The lowest BCUT2D eigenvalue weighted by Crippen LogP contribution is -2.32. The van der Waals surface area contributed by atoms with Crippen molar-refractivity contribution in [3.8, 4) is 0 Å². The molecule has 2 atom stereocenters. The molecule has 1 aliphatic rings. The largest absolute Gasteiger partial charge is 0.369 e. The number of carbonyl (C=O) groups excluding carboxylic acids is 2. The van der Waals surface area contributed by atoms with E-state index in [1.165, 1.54) is 6.20 Å². The lowest BCUT2D eigenvalue weighted by molar-refractivity contribution is -0.121. The fourth-order valence-electron chi connectivity index (χ4n) is 3.58. The molecule has 2 N–H and O–H groups in total. The van der Waals surface area contributed by atoms with Gasteiger partial charge in [0.15, 0.2) is 5.65 Å². The van der Waals surface area contributed by atoms with Crippen LogP contribution in [0.25, 0.3) is 5.65 Å². The number of aryl methyl sites for hydroxylation is 1. The highest BCUT2D eigenvalue weighted by Gasteiger charge is 2.40. The zero-order chi connectivity index (χ0) is 18.3. The van der Waals surface area contributed by atoms with E-state index in [4.69, 9.17) is 5.73 Å². The number of aromatic nitrogens is 3. The van der Waals surface area contributed by atoms with Crippen molar-refractivity contribution in [3.05, 3.63) is 65.6 Å². The molecule has 1 aliphatic heterocycles. The molecule has 0 unspecified atom stereocenters. The number of hydrogen-bond donors (Lipinski definition) is 1. The third-order valence-electron chi connectivity index (χ3n) is 4.94. The standard InChI is InChI=1S/C19H19N5O2/c1-12-7-8-24-18(22-12)14(9-21-24)19(26)23-10-15(16(11-23)17(20)25)13-5-3-2-4-6-13/h2-9,15-16H,10-11H2,1H3,(H2,20,25)/t15-,16+/m1/s1. The predicted molar refractivity (Wildman–Crippen MR) is 95.5 cm³/mol. The minimum Gasteiger partial charge on any atom is -0.369 e. The van der Waals surface area contributed by atoms with Crippen molar-refractivity contribution in [1.29, 1.82) is 0 Å². The van der Waals surface area contributed by atoms with Gasteiger partial charge in [0.05, 0.1) is 12.1 Å². The Hall–Kier alpha value is -3.22. The van der Waals surface area contributed by atoms with Crippen LogP contribution in [0.3, 0.4) is 0 Å². The first-order valence-electron chi connectivity index (χ1n) is 8.49. The Morgan fingerprint density at radius 2 is 1.92 bits per heavy atom. The summed E-state index contributed by atoms with van der Waals surface area (Å²) in [6.45, 7) is 2.61. The van der Waals surface area contributed by atoms with Gasteiger partial charge in [0, 0.05) is 30.9 Å². The molecule has 3 heterocycles. The molecule has 26 heavy (non-hydrogen) atoms. The van der Waals surface area contributed by atoms with E-state index in [2.05, 4.69) is 10.1 Å². The van der Waals surface area contributed by atoms with Crippen LogP contribution in [0, 0.1) is 12.8 Å². The molecule has 1 fully saturated rings. The van der Waals surface area contributed by atoms with Crippen LogP contribution in [-0.4, -0.2) is 44.4 Å². The third kappa shape index (κ3) is 2.71. The predicted octanol–water partition coefficient (Wildman–Crippen LogP) is 1.38. The van der Waals surface area contributed by atoms with Crippen molar-refractivity contribution >= 4 is 17.5 Å². The number of carbonyl (C=O) groups is 2. The van der Waals surface area contributed by atoms with Crippen molar-refractivity contribution < 1.29 is 9.59 Å². The first kappa shape index (κ1) is 16.3. The van der Waals surface area contributed by atoms with Crippen molar-refractivity contribution in [2.45, 2.75) is 12.8 Å². The van der Waals surface area contributed by atoms with Crippen LogP contribution in [0.5, 0.6) is 0 Å². The van der Waals surface area contributed by atoms with Gasteiger partial charge in [-0.3, -0.25) is 9.59 Å². The van der Waals surface area contributed by atoms with Gasteiger partial charge in [-0.15, -0.1) is 0 Å². The van der Waals surface area contributed by atoms with Crippen LogP contribution >= 0.6 is 0 Å². The van der Waals surface area contributed by atoms with E-state index < -0.39 is 5.92 Å². The first-order chi connectivity index (χ1) is 12.5. The molecule has 4 rings (SSSR count). The summed E-state index contributed by atoms with van der Waals surface area (Å²) in [5.41, 5.74) is 8.39. The van der Waals surface area contributed by atoms with Gasteiger partial charge in [0.2, 0.25) is 5.91 Å². The maximum absolute atomic E-state index is 13.1. The number of nitrogens with zero attached hydrogens (tertiary/aromatic N) is 4. The lowest BCUT2D eigenvalue weighted by Gasteiger charge is -2.16. The molecular formula is C19H19N5O2. The van der Waals surface area contributed by atoms with Crippen LogP contribution in [0.15, 0.2) is 48.8 Å². The molecule has 0 spiro atoms. The van der Waals surface area contributed by atoms with Gasteiger partial charge in [-0.05, 0) is 18.6 Å². The maximum atomic E-state index is 13.1. The average molecular weight is 349 g/mol. The van der Waals surface area contributed by atoms with E-state index in [1.54, 1.807) is 15.6 Å². The van der Waals surface area contributed by atoms with Crippen molar-refractivity contribution in [1.82, 2.24) is 19.5 Å². The molecule has 2 aromatic heterocycles. The average Bonchev–Trinajstić information content (AvgIpc) is 3.26. The number of amides is 2. The highest BCUT2D eigenvalue weighted by Crippen LogP contribution is 2.33. The normalized spacial score (nSPS) is 19.8. The minimum absolute atomic E-state index is 0.103. The summed E-state index contributed by atoms with van der Waals surface area (Å²) < 4.78 is 1.58. The zero-order valence-electron chi connectivity index (χ0n) is 14.4. The van der Waals surface area contributed by atoms with E-state index in [9.17, 15) is 9.59 Å². The van der Waals surface area contributed by atoms with Gasteiger partial charge >= 0.3 is 0 Å². The smallest absolute Gasteiger partial charge is 0.259 e. The summed E-state index contributed by atoms with van der Waals surface area (Å²) in [7, 11) is 0. The molecule has 3 aromatic rings. The molecular weight excluding hydrogens is 330 g/mol. The highest BCUT2D eigenvalue weighted by atomic mass is 16.2. The van der Waals surface area contributed by atoms with E-state index in [0.29, 0.717) is 24.3 Å². The second kappa shape index (κ2) is 6.25. The molecule has 7 heteroatoms. The van der Waals surface area contributed by atoms with Gasteiger partial charge in [-0.25, -0.2) is 9.50 Å². The number of benzene rings is 1. The second-order valence-corrected chi connectivity index (χ2v) is 6.63. The van der Waals surface area contributed by atoms with Crippen molar-refractivity contribution in [3.63, 3.8) is 0 Å². The number of primary amides is 1. The minimum atomic E-state index is -0.405. The van der Waals surface area contributed by atoms with Crippen LogP contribution in [0.2, 0.25) is 0 Å². The van der Waals surface area contributed by atoms with Gasteiger partial charge < -0.3 is 10.6 Å². The van der Waals surface area contributed by atoms with Crippen molar-refractivity contribution in [2.75, 3.05) is 13.1 Å². The van der Waals surface area contributed by atoms with Gasteiger partial charge in [0.25, 0.3) is 5.91 Å². The summed E-state index contributed by atoms with van der Waals surface area (Å²) in [6.07, 6.45) is 3.30. The number of nitrogens with two attached hydrogens (primary N) is 1. The van der Waals surface area contributed by atoms with Crippen LogP contribution < -0.4 is 5.73 Å². The molecule has 2 amide bonds. The van der Waals surface area contributed by atoms with Gasteiger partial charge in [-0.1, -0.05) is 30.3 Å². The fraction of sp³-hybridized carbons (Fsp3) is 0.263. The Morgan fingerprint density at radius 3 is 2.65 bits per heavy atom. The summed E-state index contributed by atoms with van der Waals surface area (Å²) in [6, 6.07) is 11.5. The SMILES string of the molecule is Cc1ccn2ncc(C(=O)N3C[C@H](C(N)=O)[C@@H](c4ccccc4)C3)c2n1. The quantitative estimate of drug-likeness (QED) is 0.773. The molecule has 0 bridgehead atoms. The summed E-state index contributed by atoms with van der Waals surface area (Å²) in [5.74, 6) is -1.07. The lowest BCUT2D eigenvalue weighted by atomic mass is 9.89. The number of likely N-dealkylation sites (tertiary alicyclic amines) is 1. The first-order valence-corrected chi connectivity index (χ1v) is 8.49. The Labute approximate surface area is 150 Å². The highest BCUT2D eigenvalue weighted by molar-refractivity contribution is 6.00. The van der Waals surface area contributed by atoms with E-state index >= 15 is 0 Å². The number of hydrogen-bond acceptors (Lipinski definition) is 4. The summed E-state index contributed by atoms with van der Waals surface area (Å²) in [4.78, 5) is 31.1. The second-order valence-electron chi connectivity index (χ2n) is 6.63. The Morgan fingerprint density at radius 1 is 1.15 bits per heavy atom. The maximum Gasteiger partial charge on any atom is 0.259 e. The van der Waals surface area contributed by atoms with E-state index in [-0.39, 0.29) is 17.7 Å². The Balaban J connectivity index is 1.66. The third-order valence-corrected chi connectivity index (χ3v) is 4.94. The monoisotopic (exact) mass is 349 g/mol. The van der Waals surface area contributed by atoms with Crippen LogP contribution in [0.1, 0.15) is 27.5 Å². The molecule has 0 radical (unpaired) electrons. The Kier molecular flexibility index (Phi) is 3.91. The van der Waals surface area contributed by atoms with Crippen LogP contribution in [0.4, 0.5) is 0 Å². The molecule has 0 saturated carbocycles. The van der Waals surface area contributed by atoms with Crippen LogP contribution in [-0.2, 0) is 4.79 Å². The fourth-order valence-corrected chi connectivity index (χ4v) is 3.58. The van der Waals surface area contributed by atoms with E-state index in [1.807, 2.05) is 43.3 Å². The molecule has 0 aliphatic carbocycles. The number of fused-ring (bicyclic) bond motifs is 1. The number of rotatable bonds is 3. The topological polar surface area (TPSA) is 93.6 Å². The molecule has 1 aromatic carbocycles. The summed E-state index contributed by atoms with van der Waals surface area (Å²) >= 11 is 0. The van der Waals surface area contributed by atoms with Gasteiger partial charge in [0.1, 0.15) is 5.56 Å². The molecule has 7 nitrogen and oxygen atoms in total. The van der Waals surface area contributed by atoms with Crippen molar-refractivity contribution in [2.24, 2.45) is 11.7 Å². The molecule has 132 valence electrons. The Bertz CT molecular complexity index is 982.